The van der Waals surface area contributed by atoms with Crippen LogP contribution in [0.3, 0.4) is 0 Å². The third-order valence-electron chi connectivity index (χ3n) is 14.7. The van der Waals surface area contributed by atoms with Crippen molar-refractivity contribution in [2.45, 2.75) is 0 Å². The van der Waals surface area contributed by atoms with E-state index in [0.29, 0.717) is 0 Å². The minimum atomic E-state index is 1.10. The molecular formula is C66H42N4. The second-order valence-electron chi connectivity index (χ2n) is 18.5. The van der Waals surface area contributed by atoms with Crippen LogP contribution in [-0.2, 0) is 0 Å². The number of aromatic nitrogens is 4. The van der Waals surface area contributed by atoms with Gasteiger partial charge in [0.25, 0.3) is 0 Å². The zero-order chi connectivity index (χ0) is 45.9. The van der Waals surface area contributed by atoms with E-state index in [1.165, 1.54) is 109 Å². The smallest absolute Gasteiger partial charge is 0.0788 e. The summed E-state index contributed by atoms with van der Waals surface area (Å²) < 4.78 is 10.0. The molecule has 15 rings (SSSR count). The molecule has 0 bridgehead atoms. The molecule has 4 heterocycles. The SMILES string of the molecule is c1ccc(-c2cccc(-n3c4ccccc4c4ccc5c6ccccc6n(-c6cccc(-n7c8ccccc8c8ccc9c%10ccccc%10n(-c%10cccc(-c%11ccccc%11)c%10)c9c87)c6)c5c43)c2)cc1. The summed E-state index contributed by atoms with van der Waals surface area (Å²) >= 11 is 0. The molecule has 15 aromatic rings. The topological polar surface area (TPSA) is 19.7 Å². The van der Waals surface area contributed by atoms with Crippen LogP contribution in [0.4, 0.5) is 0 Å². The van der Waals surface area contributed by atoms with Crippen LogP contribution in [0.2, 0.25) is 0 Å². The first kappa shape index (κ1) is 38.7. The Kier molecular flexibility index (Phi) is 8.33. The van der Waals surface area contributed by atoms with Gasteiger partial charge in [0.2, 0.25) is 0 Å². The Hall–Kier alpha value is -9.38. The Bertz CT molecular complexity index is 4290. The van der Waals surface area contributed by atoms with E-state index in [9.17, 15) is 0 Å². The van der Waals surface area contributed by atoms with Crippen molar-refractivity contribution < 1.29 is 0 Å². The Morgan fingerprint density at radius 1 is 0.171 bits per heavy atom. The molecule has 0 unspecified atom stereocenters. The monoisotopic (exact) mass is 890 g/mol. The fraction of sp³-hybridized carbons (Fsp3) is 0. The van der Waals surface area contributed by atoms with Gasteiger partial charge in [-0.2, -0.15) is 0 Å². The third kappa shape index (κ3) is 5.59. The summed E-state index contributed by atoms with van der Waals surface area (Å²) in [6.45, 7) is 0. The van der Waals surface area contributed by atoms with Gasteiger partial charge in [0, 0.05) is 65.8 Å². The van der Waals surface area contributed by atoms with E-state index >= 15 is 0 Å². The van der Waals surface area contributed by atoms with Gasteiger partial charge in [0.05, 0.1) is 44.1 Å². The molecule has 4 heteroatoms. The molecular weight excluding hydrogens is 849 g/mol. The molecule has 4 nitrogen and oxygen atoms in total. The van der Waals surface area contributed by atoms with Crippen LogP contribution >= 0.6 is 0 Å². The normalized spacial score (nSPS) is 12.0. The van der Waals surface area contributed by atoms with E-state index < -0.39 is 0 Å². The van der Waals surface area contributed by atoms with Crippen molar-refractivity contribution >= 4 is 87.2 Å². The number of fused-ring (bicyclic) bond motifs is 14. The van der Waals surface area contributed by atoms with Crippen LogP contribution in [0, 0.1) is 0 Å². The van der Waals surface area contributed by atoms with Gasteiger partial charge in [-0.3, -0.25) is 0 Å². The Labute approximate surface area is 403 Å². The molecule has 0 aliphatic carbocycles. The first-order valence-corrected chi connectivity index (χ1v) is 24.1. The fourth-order valence-corrected chi connectivity index (χ4v) is 11.8. The van der Waals surface area contributed by atoms with E-state index in [1.54, 1.807) is 0 Å². The van der Waals surface area contributed by atoms with Gasteiger partial charge in [-0.1, -0.05) is 188 Å². The summed E-state index contributed by atoms with van der Waals surface area (Å²) in [6, 6.07) is 93.5. The van der Waals surface area contributed by atoms with E-state index in [2.05, 4.69) is 273 Å². The number of rotatable bonds is 6. The van der Waals surface area contributed by atoms with E-state index in [0.717, 1.165) is 22.7 Å². The van der Waals surface area contributed by atoms with E-state index in [4.69, 9.17) is 0 Å². The summed E-state index contributed by atoms with van der Waals surface area (Å²) in [7, 11) is 0. The van der Waals surface area contributed by atoms with Crippen molar-refractivity contribution in [3.8, 4) is 45.0 Å². The Morgan fingerprint density at radius 2 is 0.429 bits per heavy atom. The lowest BCUT2D eigenvalue weighted by Gasteiger charge is -2.16. The molecule has 0 aliphatic rings. The summed E-state index contributed by atoms with van der Waals surface area (Å²) in [5.41, 5.74) is 18.7. The lowest BCUT2D eigenvalue weighted by molar-refractivity contribution is 1.12. The van der Waals surface area contributed by atoms with Gasteiger partial charge < -0.3 is 18.3 Å². The van der Waals surface area contributed by atoms with E-state index in [-0.39, 0.29) is 0 Å². The number of benzene rings is 11. The van der Waals surface area contributed by atoms with Gasteiger partial charge in [-0.05, 0) is 89.0 Å². The molecule has 0 N–H and O–H groups in total. The highest BCUT2D eigenvalue weighted by atomic mass is 15.1. The van der Waals surface area contributed by atoms with Gasteiger partial charge >= 0.3 is 0 Å². The minimum Gasteiger partial charge on any atom is -0.307 e. The van der Waals surface area contributed by atoms with Gasteiger partial charge in [0.1, 0.15) is 0 Å². The molecule has 0 amide bonds. The average molecular weight is 891 g/mol. The summed E-state index contributed by atoms with van der Waals surface area (Å²) in [5.74, 6) is 0. The number of hydrogen-bond donors (Lipinski definition) is 0. The second kappa shape index (κ2) is 15.1. The zero-order valence-corrected chi connectivity index (χ0v) is 38.0. The molecule has 0 radical (unpaired) electrons. The molecule has 0 aliphatic heterocycles. The Balaban J connectivity index is 1.03. The first-order chi connectivity index (χ1) is 34.8. The fourth-order valence-electron chi connectivity index (χ4n) is 11.8. The summed E-state index contributed by atoms with van der Waals surface area (Å²) in [5, 5.41) is 9.80. The lowest BCUT2D eigenvalue weighted by Crippen LogP contribution is -2.02. The molecule has 0 saturated carbocycles. The van der Waals surface area contributed by atoms with Gasteiger partial charge in [0.15, 0.2) is 0 Å². The molecule has 70 heavy (non-hydrogen) atoms. The van der Waals surface area contributed by atoms with Crippen LogP contribution in [0.25, 0.3) is 132 Å². The quantitative estimate of drug-likeness (QED) is 0.158. The largest absolute Gasteiger partial charge is 0.307 e. The third-order valence-corrected chi connectivity index (χ3v) is 14.7. The Morgan fingerprint density at radius 3 is 0.757 bits per heavy atom. The van der Waals surface area contributed by atoms with Gasteiger partial charge in [-0.25, -0.2) is 0 Å². The molecule has 0 atom stereocenters. The molecule has 11 aromatic carbocycles. The maximum atomic E-state index is 2.52. The van der Waals surface area contributed by atoms with Crippen LogP contribution < -0.4 is 0 Å². The van der Waals surface area contributed by atoms with Crippen molar-refractivity contribution in [3.05, 3.63) is 255 Å². The molecule has 0 fully saturated rings. The van der Waals surface area contributed by atoms with Crippen LogP contribution in [0.5, 0.6) is 0 Å². The molecule has 4 aromatic heterocycles. The predicted molar refractivity (Wildman–Crippen MR) is 295 cm³/mol. The number of nitrogens with zero attached hydrogens (tertiary/aromatic N) is 4. The zero-order valence-electron chi connectivity index (χ0n) is 38.0. The van der Waals surface area contributed by atoms with E-state index in [1.807, 2.05) is 0 Å². The highest BCUT2D eigenvalue weighted by Crippen LogP contribution is 2.45. The molecule has 326 valence electrons. The van der Waals surface area contributed by atoms with Crippen molar-refractivity contribution in [3.63, 3.8) is 0 Å². The van der Waals surface area contributed by atoms with Crippen LogP contribution in [-0.4, -0.2) is 18.3 Å². The van der Waals surface area contributed by atoms with Crippen LogP contribution in [0.1, 0.15) is 0 Å². The van der Waals surface area contributed by atoms with Crippen molar-refractivity contribution in [2.75, 3.05) is 0 Å². The standard InChI is InChI=1S/C66H42N4/c1-3-18-43(19-4-1)45-22-15-24-47(40-45)67-59-32-11-7-28-51(59)55-36-38-57-53-30-9-13-34-61(53)69(65(57)63(55)67)49-26-17-27-50(42-49)70-62-35-14-10-31-54(62)58-39-37-56-52-29-8-12-33-60(52)68(64(56)66(58)70)48-25-16-23-46(41-48)44-20-5-2-6-21-44/h1-42H. The first-order valence-electron chi connectivity index (χ1n) is 24.1. The lowest BCUT2D eigenvalue weighted by atomic mass is 10.1. The van der Waals surface area contributed by atoms with Crippen molar-refractivity contribution in [1.29, 1.82) is 0 Å². The summed E-state index contributed by atoms with van der Waals surface area (Å²) in [6.07, 6.45) is 0. The van der Waals surface area contributed by atoms with Gasteiger partial charge in [-0.15, -0.1) is 0 Å². The van der Waals surface area contributed by atoms with Crippen molar-refractivity contribution in [2.24, 2.45) is 0 Å². The maximum absolute atomic E-state index is 2.52. The minimum absolute atomic E-state index is 1.10. The summed E-state index contributed by atoms with van der Waals surface area (Å²) in [4.78, 5) is 0. The molecule has 0 spiro atoms. The second-order valence-corrected chi connectivity index (χ2v) is 18.5. The average Bonchev–Trinajstić information content (AvgIpc) is 4.17. The predicted octanol–water partition coefficient (Wildman–Crippen LogP) is 17.4. The van der Waals surface area contributed by atoms with Crippen molar-refractivity contribution in [1.82, 2.24) is 18.3 Å². The van der Waals surface area contributed by atoms with Crippen LogP contribution in [0.15, 0.2) is 255 Å². The maximum Gasteiger partial charge on any atom is 0.0788 e. The highest BCUT2D eigenvalue weighted by molar-refractivity contribution is 6.25. The highest BCUT2D eigenvalue weighted by Gasteiger charge is 2.24. The number of hydrogen-bond acceptors (Lipinski definition) is 0. The molecule has 0 saturated heterocycles. The number of para-hydroxylation sites is 4.